The van der Waals surface area contributed by atoms with E-state index in [0.717, 1.165) is 31.5 Å². The molecule has 2 aromatic carbocycles. The number of hydrogen-bond donors (Lipinski definition) is 5. The van der Waals surface area contributed by atoms with Gasteiger partial charge in [0.25, 0.3) is 5.91 Å². The average molecular weight is 907 g/mol. The third kappa shape index (κ3) is 11.8. The third-order valence-corrected chi connectivity index (χ3v) is 10.2. The van der Waals surface area contributed by atoms with Gasteiger partial charge in [0.05, 0.1) is 29.5 Å². The molecule has 0 spiro atoms. The zero-order valence-corrected chi connectivity index (χ0v) is 38.3. The SMILES string of the molecule is CCNCCN(C=O)C/C=C\COc1cc(C(N)=O)cc2nc(NC)n(C/C=C/Cn3c(NC(=O)c4cc(C)nn4CC)nc4cc(C(N)=O)cc(OC)c43)c12.CCn1nc(C)cc1C=O. The fourth-order valence-corrected chi connectivity index (χ4v) is 7.06. The summed E-state index contributed by atoms with van der Waals surface area (Å²) in [5.74, 6) is -0.214. The van der Waals surface area contributed by atoms with Crippen LogP contribution in [0.4, 0.5) is 11.9 Å². The molecule has 66 heavy (non-hydrogen) atoms. The zero-order chi connectivity index (χ0) is 47.9. The molecule has 4 heterocycles. The smallest absolute Gasteiger partial charge is 0.276 e. The zero-order valence-electron chi connectivity index (χ0n) is 38.3. The van der Waals surface area contributed by atoms with Crippen LogP contribution in [0.5, 0.6) is 11.5 Å². The monoisotopic (exact) mass is 906 g/mol. The maximum absolute atomic E-state index is 13.5. The number of carbonyl (C=O) groups excluding carboxylic acids is 5. The van der Waals surface area contributed by atoms with Gasteiger partial charge in [-0.25, -0.2) is 9.97 Å². The van der Waals surface area contributed by atoms with E-state index in [1.807, 2.05) is 57.4 Å². The van der Waals surface area contributed by atoms with Gasteiger partial charge in [-0.05, 0) is 76.7 Å². The Balaban J connectivity index is 0.000000721. The van der Waals surface area contributed by atoms with Gasteiger partial charge in [0, 0.05) is 64.0 Å². The number of hydrogen-bond acceptors (Lipinski definition) is 13. The summed E-state index contributed by atoms with van der Waals surface area (Å²) in [5.41, 5.74) is 16.4. The summed E-state index contributed by atoms with van der Waals surface area (Å²) in [6.07, 6.45) is 9.07. The van der Waals surface area contributed by atoms with Gasteiger partial charge in [-0.3, -0.25) is 38.7 Å². The van der Waals surface area contributed by atoms with Crippen LogP contribution in [0.3, 0.4) is 0 Å². The number of allylic oxidation sites excluding steroid dienone is 2. The first-order valence-corrected chi connectivity index (χ1v) is 21.4. The number of amides is 4. The van der Waals surface area contributed by atoms with Crippen molar-refractivity contribution >= 4 is 64.4 Å². The van der Waals surface area contributed by atoms with Gasteiger partial charge in [0.1, 0.15) is 40.5 Å². The minimum atomic E-state index is -0.650. The molecule has 0 atom stereocenters. The van der Waals surface area contributed by atoms with E-state index in [-0.39, 0.29) is 30.2 Å². The molecule has 6 rings (SSSR count). The number of carbonyl (C=O) groups is 5. The molecule has 0 radical (unpaired) electrons. The van der Waals surface area contributed by atoms with Gasteiger partial charge in [-0.15, -0.1) is 0 Å². The lowest BCUT2D eigenvalue weighted by molar-refractivity contribution is -0.117. The molecule has 350 valence electrons. The number of primary amides is 2. The Morgan fingerprint density at radius 3 is 1.92 bits per heavy atom. The summed E-state index contributed by atoms with van der Waals surface area (Å²) < 4.78 is 18.8. The van der Waals surface area contributed by atoms with Crippen molar-refractivity contribution in [2.24, 2.45) is 11.5 Å². The molecule has 21 heteroatoms. The maximum atomic E-state index is 13.5. The highest BCUT2D eigenvalue weighted by molar-refractivity contribution is 6.04. The summed E-state index contributed by atoms with van der Waals surface area (Å²) >= 11 is 0. The van der Waals surface area contributed by atoms with E-state index in [1.165, 1.54) is 13.2 Å². The molecule has 0 bridgehead atoms. The molecule has 0 saturated carbocycles. The van der Waals surface area contributed by atoms with Crippen LogP contribution in [0.2, 0.25) is 0 Å². The summed E-state index contributed by atoms with van der Waals surface area (Å²) in [6, 6.07) is 9.74. The molecule has 6 aromatic rings. The lowest BCUT2D eigenvalue weighted by Crippen LogP contribution is -2.31. The van der Waals surface area contributed by atoms with Gasteiger partial charge in [-0.1, -0.05) is 25.2 Å². The Kier molecular flexibility index (Phi) is 17.3. The molecule has 0 aliphatic rings. The van der Waals surface area contributed by atoms with Crippen LogP contribution in [0.25, 0.3) is 22.1 Å². The average Bonchev–Trinajstić information content (AvgIpc) is 4.08. The van der Waals surface area contributed by atoms with Crippen LogP contribution in [0.15, 0.2) is 60.7 Å². The van der Waals surface area contributed by atoms with Crippen LogP contribution < -0.4 is 36.9 Å². The van der Waals surface area contributed by atoms with E-state index in [1.54, 1.807) is 62.3 Å². The van der Waals surface area contributed by atoms with Crippen molar-refractivity contribution in [3.63, 3.8) is 0 Å². The predicted octanol–water partition coefficient (Wildman–Crippen LogP) is 3.69. The number of fused-ring (bicyclic) bond motifs is 2. The molecular formula is C45H58N14O7. The number of ether oxygens (including phenoxy) is 2. The minimum Gasteiger partial charge on any atom is -0.494 e. The van der Waals surface area contributed by atoms with Crippen LogP contribution >= 0.6 is 0 Å². The molecule has 0 saturated heterocycles. The number of methoxy groups -OCH3 is 1. The Morgan fingerprint density at radius 1 is 0.773 bits per heavy atom. The number of nitrogens with one attached hydrogen (secondary N) is 3. The van der Waals surface area contributed by atoms with E-state index >= 15 is 0 Å². The van der Waals surface area contributed by atoms with E-state index in [4.69, 9.17) is 25.9 Å². The summed E-state index contributed by atoms with van der Waals surface area (Å²) in [5, 5.41) is 17.7. The largest absolute Gasteiger partial charge is 0.494 e. The number of likely N-dealkylation sites (N-methyl/N-ethyl adjacent to an activating group) is 1. The first kappa shape index (κ1) is 49.2. The minimum absolute atomic E-state index is 0.160. The number of benzene rings is 2. The number of nitrogens with two attached hydrogens (primary N) is 2. The van der Waals surface area contributed by atoms with Gasteiger partial charge in [0.2, 0.25) is 30.1 Å². The Bertz CT molecular complexity index is 2740. The lowest BCUT2D eigenvalue weighted by atomic mass is 10.1. The number of aromatic nitrogens is 8. The molecule has 7 N–H and O–H groups in total. The quantitative estimate of drug-likeness (QED) is 0.0349. The lowest BCUT2D eigenvalue weighted by Gasteiger charge is -2.15. The Morgan fingerprint density at radius 2 is 1.36 bits per heavy atom. The second-order valence-electron chi connectivity index (χ2n) is 14.8. The number of aldehydes is 1. The van der Waals surface area contributed by atoms with Crippen LogP contribution in [0.1, 0.15) is 73.9 Å². The molecule has 4 aromatic heterocycles. The normalized spacial score (nSPS) is 11.3. The highest BCUT2D eigenvalue weighted by Crippen LogP contribution is 2.33. The Hall–Kier alpha value is -7.81. The predicted molar refractivity (Wildman–Crippen MR) is 251 cm³/mol. The summed E-state index contributed by atoms with van der Waals surface area (Å²) in [4.78, 5) is 70.7. The maximum Gasteiger partial charge on any atom is 0.276 e. The Labute approximate surface area is 381 Å². The molecular weight excluding hydrogens is 849 g/mol. The van der Waals surface area contributed by atoms with Crippen molar-refractivity contribution in [1.29, 1.82) is 0 Å². The van der Waals surface area contributed by atoms with Gasteiger partial charge >= 0.3 is 0 Å². The standard InChI is InChI=1S/C38H48N12O6.C7H10N2O/c1-6-42-12-16-47(23-51)13-10-11-17-56-31-22-26(35(40)53)20-28-33(31)48(37(41-4)43-28)14-8-9-15-49-32-27(19-25(34(39)52)21-30(32)55-5)44-38(49)45-36(54)29-18-24(3)46-50(29)7-2;1-3-9-7(5-10)4-6(2)8-9/h8-11,18-23,42H,6-7,12-17H2,1-5H3,(H2,39,52)(H2,40,53)(H,41,43)(H,44,45,54);4-5H,3H2,1-2H3/b9-8+,11-10-;. The van der Waals surface area contributed by atoms with Crippen LogP contribution in [-0.2, 0) is 31.0 Å². The van der Waals surface area contributed by atoms with Crippen molar-refractivity contribution in [1.82, 2.24) is 48.9 Å². The third-order valence-electron chi connectivity index (χ3n) is 10.2. The molecule has 0 unspecified atom stereocenters. The first-order chi connectivity index (χ1) is 31.8. The molecule has 0 fully saturated rings. The van der Waals surface area contributed by atoms with Gasteiger partial charge in [-0.2, -0.15) is 10.2 Å². The van der Waals surface area contributed by atoms with Crippen LogP contribution in [0, 0.1) is 13.8 Å². The van der Waals surface area contributed by atoms with Crippen molar-refractivity contribution in [2.45, 2.75) is 60.8 Å². The molecule has 21 nitrogen and oxygen atoms in total. The van der Waals surface area contributed by atoms with E-state index in [2.05, 4.69) is 31.1 Å². The van der Waals surface area contributed by atoms with Crippen molar-refractivity contribution in [3.05, 3.63) is 94.6 Å². The first-order valence-electron chi connectivity index (χ1n) is 21.4. The van der Waals surface area contributed by atoms with E-state index in [0.29, 0.717) is 89.3 Å². The molecule has 4 amide bonds. The summed E-state index contributed by atoms with van der Waals surface area (Å²) in [7, 11) is 3.21. The highest BCUT2D eigenvalue weighted by Gasteiger charge is 2.22. The number of nitrogens with zero attached hydrogens (tertiary/aromatic N) is 9. The number of anilines is 2. The second kappa shape index (κ2) is 23.2. The molecule has 0 aliphatic carbocycles. The van der Waals surface area contributed by atoms with Crippen molar-refractivity contribution in [3.8, 4) is 11.5 Å². The summed E-state index contributed by atoms with van der Waals surface area (Å²) in [6.45, 7) is 14.0. The highest BCUT2D eigenvalue weighted by atomic mass is 16.5. The van der Waals surface area contributed by atoms with Crippen molar-refractivity contribution < 1.29 is 33.4 Å². The van der Waals surface area contributed by atoms with Gasteiger partial charge < -0.3 is 45.6 Å². The van der Waals surface area contributed by atoms with E-state index in [9.17, 15) is 24.0 Å². The number of aryl methyl sites for hydroxylation is 4. The molecule has 0 aliphatic heterocycles. The topological polar surface area (TPSA) is 266 Å². The second-order valence-corrected chi connectivity index (χ2v) is 14.8. The fraction of sp³-hybridized carbons (Fsp3) is 0.356. The number of imidazole rings is 2. The number of rotatable bonds is 23. The fourth-order valence-electron chi connectivity index (χ4n) is 7.06. The van der Waals surface area contributed by atoms with Crippen molar-refractivity contribution in [2.75, 3.05) is 57.6 Å². The van der Waals surface area contributed by atoms with Crippen LogP contribution in [-0.4, -0.2) is 121 Å². The van der Waals surface area contributed by atoms with Gasteiger partial charge in [0.15, 0.2) is 6.29 Å². The van der Waals surface area contributed by atoms with E-state index < -0.39 is 17.7 Å².